The zero-order valence-electron chi connectivity index (χ0n) is 15.9. The molecule has 8 nitrogen and oxygen atoms in total. The number of H-pyrrole nitrogens is 1. The minimum atomic E-state index is -0.235. The smallest absolute Gasteiger partial charge is 0.254 e. The number of fused-ring (bicyclic) bond motifs is 1. The number of amides is 2. The largest absolute Gasteiger partial charge is 0.342 e. The van der Waals surface area contributed by atoms with E-state index in [1.54, 1.807) is 11.8 Å². The van der Waals surface area contributed by atoms with Crippen molar-refractivity contribution in [1.29, 1.82) is 0 Å². The van der Waals surface area contributed by atoms with Gasteiger partial charge in [0.1, 0.15) is 5.82 Å². The number of nitrogens with zero attached hydrogens (tertiary/aromatic N) is 3. The number of rotatable bonds is 1. The van der Waals surface area contributed by atoms with Crippen LogP contribution in [0.15, 0.2) is 4.79 Å². The Labute approximate surface area is 164 Å². The number of likely N-dealkylation sites (tertiary alicyclic amines) is 1. The average molecular weight is 398 g/mol. The Hall–Kier alpha value is -1.93. The van der Waals surface area contributed by atoms with E-state index in [0.29, 0.717) is 56.8 Å². The molecular weight excluding hydrogens is 370 g/mol. The molecule has 150 valence electrons. The van der Waals surface area contributed by atoms with Gasteiger partial charge in [-0.2, -0.15) is 0 Å². The third-order valence-electron chi connectivity index (χ3n) is 5.36. The van der Waals surface area contributed by atoms with Gasteiger partial charge in [-0.15, -0.1) is 12.4 Å². The highest BCUT2D eigenvalue weighted by Gasteiger charge is 2.32. The van der Waals surface area contributed by atoms with E-state index >= 15 is 0 Å². The molecular formula is C18H28ClN5O3. The maximum atomic E-state index is 13.1. The summed E-state index contributed by atoms with van der Waals surface area (Å²) in [5.74, 6) is 0.367. The van der Waals surface area contributed by atoms with E-state index in [9.17, 15) is 14.4 Å². The zero-order chi connectivity index (χ0) is 18.8. The van der Waals surface area contributed by atoms with Gasteiger partial charge < -0.3 is 20.5 Å². The number of nitrogens with one attached hydrogen (secondary N) is 1. The summed E-state index contributed by atoms with van der Waals surface area (Å²) in [4.78, 5) is 47.7. The van der Waals surface area contributed by atoms with Gasteiger partial charge in [-0.3, -0.25) is 14.4 Å². The fourth-order valence-electron chi connectivity index (χ4n) is 3.89. The Bertz CT molecular complexity index is 766. The van der Waals surface area contributed by atoms with Crippen molar-refractivity contribution in [3.05, 3.63) is 27.4 Å². The monoisotopic (exact) mass is 397 g/mol. The second kappa shape index (κ2) is 8.84. The predicted molar refractivity (Wildman–Crippen MR) is 104 cm³/mol. The lowest BCUT2D eigenvalue weighted by Gasteiger charge is -2.28. The summed E-state index contributed by atoms with van der Waals surface area (Å²) in [7, 11) is 0. The molecule has 3 rings (SSSR count). The van der Waals surface area contributed by atoms with Crippen LogP contribution in [0.25, 0.3) is 0 Å². The van der Waals surface area contributed by atoms with Crippen molar-refractivity contribution in [1.82, 2.24) is 19.8 Å². The van der Waals surface area contributed by atoms with Gasteiger partial charge in [0, 0.05) is 51.1 Å². The Morgan fingerprint density at radius 3 is 2.56 bits per heavy atom. The number of carbonyl (C=O) groups is 2. The molecule has 0 unspecified atom stereocenters. The number of hydrogen-bond acceptors (Lipinski definition) is 5. The fourth-order valence-corrected chi connectivity index (χ4v) is 3.89. The molecule has 0 bridgehead atoms. The molecule has 3 N–H and O–H groups in total. The van der Waals surface area contributed by atoms with Crippen LogP contribution in [0.3, 0.4) is 0 Å². The lowest BCUT2D eigenvalue weighted by Crippen LogP contribution is -2.44. The summed E-state index contributed by atoms with van der Waals surface area (Å²) >= 11 is 0. The van der Waals surface area contributed by atoms with E-state index < -0.39 is 0 Å². The average Bonchev–Trinajstić information content (AvgIpc) is 2.90. The van der Waals surface area contributed by atoms with E-state index in [1.165, 1.54) is 6.92 Å². The molecule has 2 atom stereocenters. The van der Waals surface area contributed by atoms with Gasteiger partial charge in [0.15, 0.2) is 0 Å². The molecule has 2 amide bonds. The topological polar surface area (TPSA) is 112 Å². The van der Waals surface area contributed by atoms with Crippen LogP contribution in [0, 0.1) is 12.8 Å². The lowest BCUT2D eigenvalue weighted by molar-refractivity contribution is -0.137. The molecule has 0 radical (unpaired) electrons. The van der Waals surface area contributed by atoms with Gasteiger partial charge in [-0.25, -0.2) is 4.98 Å². The van der Waals surface area contributed by atoms with Crippen LogP contribution in [-0.4, -0.2) is 63.8 Å². The van der Waals surface area contributed by atoms with Crippen molar-refractivity contribution in [2.75, 3.05) is 26.2 Å². The van der Waals surface area contributed by atoms with Gasteiger partial charge in [0.2, 0.25) is 11.8 Å². The first-order chi connectivity index (χ1) is 12.3. The number of nitrogens with two attached hydrogens (primary N) is 1. The van der Waals surface area contributed by atoms with E-state index in [1.807, 2.05) is 4.90 Å². The molecule has 0 spiro atoms. The van der Waals surface area contributed by atoms with Gasteiger partial charge in [0.05, 0.1) is 11.6 Å². The Morgan fingerprint density at radius 1 is 1.15 bits per heavy atom. The Morgan fingerprint density at radius 2 is 1.85 bits per heavy atom. The molecule has 2 aliphatic heterocycles. The molecule has 0 aliphatic carbocycles. The maximum absolute atomic E-state index is 13.1. The summed E-state index contributed by atoms with van der Waals surface area (Å²) in [6.45, 7) is 5.25. The number of aromatic nitrogens is 2. The summed E-state index contributed by atoms with van der Waals surface area (Å²) < 4.78 is 0. The van der Waals surface area contributed by atoms with Gasteiger partial charge >= 0.3 is 0 Å². The third kappa shape index (κ3) is 4.87. The molecule has 0 saturated carbocycles. The van der Waals surface area contributed by atoms with Gasteiger partial charge in [0.25, 0.3) is 5.56 Å². The van der Waals surface area contributed by atoms with Crippen LogP contribution in [0.2, 0.25) is 0 Å². The minimum Gasteiger partial charge on any atom is -0.342 e. The van der Waals surface area contributed by atoms with Crippen LogP contribution in [0.4, 0.5) is 0 Å². The minimum absolute atomic E-state index is 0. The number of carbonyl (C=O) groups excluding carboxylic acids is 2. The molecule has 1 aromatic rings. The molecule has 0 aromatic carbocycles. The van der Waals surface area contributed by atoms with Crippen molar-refractivity contribution in [3.63, 3.8) is 0 Å². The second-order valence-corrected chi connectivity index (χ2v) is 7.36. The highest BCUT2D eigenvalue weighted by molar-refractivity contribution is 5.85. The van der Waals surface area contributed by atoms with Gasteiger partial charge in [-0.1, -0.05) is 0 Å². The highest BCUT2D eigenvalue weighted by Crippen LogP contribution is 2.20. The van der Waals surface area contributed by atoms with Crippen LogP contribution in [0.5, 0.6) is 0 Å². The van der Waals surface area contributed by atoms with Crippen molar-refractivity contribution < 1.29 is 9.59 Å². The normalized spacial score (nSPS) is 22.9. The van der Waals surface area contributed by atoms with Crippen molar-refractivity contribution in [2.24, 2.45) is 11.7 Å². The van der Waals surface area contributed by atoms with Crippen LogP contribution in [0.1, 0.15) is 36.8 Å². The molecule has 1 aromatic heterocycles. The number of aromatic amines is 1. The Kier molecular flexibility index (Phi) is 7.00. The van der Waals surface area contributed by atoms with Crippen molar-refractivity contribution in [3.8, 4) is 0 Å². The molecule has 9 heteroatoms. The molecule has 1 fully saturated rings. The molecule has 1 saturated heterocycles. The highest BCUT2D eigenvalue weighted by atomic mass is 35.5. The molecule has 2 aliphatic rings. The van der Waals surface area contributed by atoms with Gasteiger partial charge in [-0.05, 0) is 26.2 Å². The maximum Gasteiger partial charge on any atom is 0.254 e. The standard InChI is InChI=1S/C18H27N5O3.ClH/c1-11-20-16-6-8-22(7-5-15(16)17(25)21-11)18(26)13-3-4-14(19)10-23(9-13)12(2)24;/h13-14H,3-10,19H2,1-2H3,(H,20,21,25);1H/t13-,14+;/m1./s1. The number of hydrogen-bond donors (Lipinski definition) is 2. The van der Waals surface area contributed by atoms with Crippen LogP contribution < -0.4 is 11.3 Å². The number of halogens is 1. The first-order valence-corrected chi connectivity index (χ1v) is 9.23. The number of aryl methyl sites for hydroxylation is 1. The zero-order valence-corrected chi connectivity index (χ0v) is 16.7. The third-order valence-corrected chi connectivity index (χ3v) is 5.36. The molecule has 3 heterocycles. The first-order valence-electron chi connectivity index (χ1n) is 9.23. The first kappa shape index (κ1) is 21.4. The van der Waals surface area contributed by atoms with E-state index in [0.717, 1.165) is 12.1 Å². The second-order valence-electron chi connectivity index (χ2n) is 7.36. The predicted octanol–water partition coefficient (Wildman–Crippen LogP) is 0.0131. The van der Waals surface area contributed by atoms with Crippen molar-refractivity contribution in [2.45, 2.75) is 45.6 Å². The quantitative estimate of drug-likeness (QED) is 0.693. The summed E-state index contributed by atoms with van der Waals surface area (Å²) in [6.07, 6.45) is 2.50. The van der Waals surface area contributed by atoms with E-state index in [-0.39, 0.29) is 41.7 Å². The Balaban J connectivity index is 0.00000261. The fraction of sp³-hybridized carbons (Fsp3) is 0.667. The summed E-state index contributed by atoms with van der Waals surface area (Å²) in [6, 6.07) is -0.0872. The summed E-state index contributed by atoms with van der Waals surface area (Å²) in [5.41, 5.74) is 7.41. The SMILES string of the molecule is CC(=O)N1C[C@@H](N)CC[C@@H](C(=O)N2CCc3nc(C)[nH]c(=O)c3CC2)C1.Cl. The van der Waals surface area contributed by atoms with Crippen LogP contribution in [-0.2, 0) is 22.4 Å². The molecule has 27 heavy (non-hydrogen) atoms. The van der Waals surface area contributed by atoms with E-state index in [2.05, 4.69) is 9.97 Å². The summed E-state index contributed by atoms with van der Waals surface area (Å²) in [5, 5.41) is 0. The lowest BCUT2D eigenvalue weighted by atomic mass is 10.0. The van der Waals surface area contributed by atoms with E-state index in [4.69, 9.17) is 5.73 Å². The van der Waals surface area contributed by atoms with Crippen LogP contribution >= 0.6 is 12.4 Å². The van der Waals surface area contributed by atoms with Crippen molar-refractivity contribution >= 4 is 24.2 Å².